The molecule has 198 valence electrons. The lowest BCUT2D eigenvalue weighted by Gasteiger charge is -2.26. The van der Waals surface area contributed by atoms with Crippen LogP contribution >= 0.6 is 0 Å². The molecule has 1 saturated heterocycles. The molecule has 1 atom stereocenters. The summed E-state index contributed by atoms with van der Waals surface area (Å²) in [6, 6.07) is 20.9. The third-order valence-electron chi connectivity index (χ3n) is 6.37. The Labute approximate surface area is 222 Å². The van der Waals surface area contributed by atoms with Crippen molar-refractivity contribution in [3.8, 4) is 17.2 Å². The number of ketones is 1. The van der Waals surface area contributed by atoms with E-state index in [0.717, 1.165) is 5.56 Å². The number of benzene rings is 3. The fraction of sp³-hybridized carbons (Fsp3) is 0.267. The van der Waals surface area contributed by atoms with Gasteiger partial charge >= 0.3 is 0 Å². The van der Waals surface area contributed by atoms with E-state index in [4.69, 9.17) is 18.9 Å². The molecule has 0 saturated carbocycles. The molecule has 4 rings (SSSR count). The van der Waals surface area contributed by atoms with Gasteiger partial charge in [0.2, 0.25) is 0 Å². The Kier molecular flexibility index (Phi) is 8.66. The van der Waals surface area contributed by atoms with E-state index in [2.05, 4.69) is 0 Å². The second kappa shape index (κ2) is 12.3. The molecule has 1 heterocycles. The van der Waals surface area contributed by atoms with Crippen molar-refractivity contribution in [1.29, 1.82) is 0 Å². The zero-order valence-electron chi connectivity index (χ0n) is 21.7. The SMILES string of the molecule is COCCCN1C(=O)C(=O)/C(=C(/O)c2cccc(OC)c2)C1c1ccc(OCc2ccccc2)c(OC)c1. The van der Waals surface area contributed by atoms with Gasteiger partial charge in [-0.15, -0.1) is 0 Å². The number of ether oxygens (including phenoxy) is 4. The summed E-state index contributed by atoms with van der Waals surface area (Å²) in [6.45, 7) is 1.04. The maximum Gasteiger partial charge on any atom is 0.295 e. The quantitative estimate of drug-likeness (QED) is 0.170. The predicted molar refractivity (Wildman–Crippen MR) is 142 cm³/mol. The Balaban J connectivity index is 1.75. The van der Waals surface area contributed by atoms with E-state index in [0.29, 0.717) is 48.0 Å². The van der Waals surface area contributed by atoms with Crippen molar-refractivity contribution < 1.29 is 33.6 Å². The molecule has 0 bridgehead atoms. The highest BCUT2D eigenvalue weighted by Crippen LogP contribution is 2.42. The minimum absolute atomic E-state index is 0.000627. The summed E-state index contributed by atoms with van der Waals surface area (Å²) in [7, 11) is 4.62. The molecule has 1 amide bonds. The van der Waals surface area contributed by atoms with E-state index in [9.17, 15) is 14.7 Å². The van der Waals surface area contributed by atoms with Gasteiger partial charge in [-0.2, -0.15) is 0 Å². The Morgan fingerprint density at radius 1 is 0.895 bits per heavy atom. The van der Waals surface area contributed by atoms with E-state index in [1.165, 1.54) is 19.1 Å². The zero-order chi connectivity index (χ0) is 27.1. The average molecular weight is 518 g/mol. The summed E-state index contributed by atoms with van der Waals surface area (Å²) in [5, 5.41) is 11.3. The fourth-order valence-corrected chi connectivity index (χ4v) is 4.47. The molecule has 1 aliphatic heterocycles. The van der Waals surface area contributed by atoms with Crippen molar-refractivity contribution in [2.45, 2.75) is 19.1 Å². The first-order valence-electron chi connectivity index (χ1n) is 12.2. The number of Topliss-reactive ketones (excluding diaryl/α,β-unsaturated/α-hetero) is 1. The van der Waals surface area contributed by atoms with Crippen LogP contribution in [0.2, 0.25) is 0 Å². The summed E-state index contributed by atoms with van der Waals surface area (Å²) in [4.78, 5) is 27.9. The minimum Gasteiger partial charge on any atom is -0.507 e. The second-order valence-electron chi connectivity index (χ2n) is 8.76. The summed E-state index contributed by atoms with van der Waals surface area (Å²) in [5.41, 5.74) is 1.98. The molecular formula is C30H31NO7. The van der Waals surface area contributed by atoms with Gasteiger partial charge in [0, 0.05) is 25.8 Å². The van der Waals surface area contributed by atoms with Gasteiger partial charge in [0.1, 0.15) is 18.1 Å². The molecule has 3 aromatic carbocycles. The first-order valence-corrected chi connectivity index (χ1v) is 12.2. The number of hydrogen-bond donors (Lipinski definition) is 1. The smallest absolute Gasteiger partial charge is 0.295 e. The van der Waals surface area contributed by atoms with E-state index in [1.807, 2.05) is 30.3 Å². The van der Waals surface area contributed by atoms with Crippen LogP contribution in [0.4, 0.5) is 0 Å². The number of aliphatic hydroxyl groups excluding tert-OH is 1. The van der Waals surface area contributed by atoms with Crippen molar-refractivity contribution in [1.82, 2.24) is 4.90 Å². The van der Waals surface area contributed by atoms with Crippen LogP contribution in [0.5, 0.6) is 17.2 Å². The number of carbonyl (C=O) groups excluding carboxylic acids is 2. The molecular weight excluding hydrogens is 486 g/mol. The van der Waals surface area contributed by atoms with Gasteiger partial charge in [0.05, 0.1) is 25.8 Å². The highest BCUT2D eigenvalue weighted by molar-refractivity contribution is 6.46. The lowest BCUT2D eigenvalue weighted by molar-refractivity contribution is -0.140. The highest BCUT2D eigenvalue weighted by Gasteiger charge is 2.46. The number of hydrogen-bond acceptors (Lipinski definition) is 7. The molecule has 1 aliphatic rings. The number of methoxy groups -OCH3 is 3. The number of carbonyl (C=O) groups is 2. The normalized spacial score (nSPS) is 16.5. The van der Waals surface area contributed by atoms with Crippen LogP contribution in [-0.4, -0.2) is 56.2 Å². The van der Waals surface area contributed by atoms with E-state index < -0.39 is 17.7 Å². The van der Waals surface area contributed by atoms with Crippen LogP contribution in [-0.2, 0) is 20.9 Å². The molecule has 3 aromatic rings. The number of amides is 1. The monoisotopic (exact) mass is 517 g/mol. The van der Waals surface area contributed by atoms with Crippen LogP contribution < -0.4 is 14.2 Å². The third-order valence-corrected chi connectivity index (χ3v) is 6.37. The molecule has 1 N–H and O–H groups in total. The van der Waals surface area contributed by atoms with E-state index >= 15 is 0 Å². The molecule has 38 heavy (non-hydrogen) atoms. The molecule has 0 spiro atoms. The Morgan fingerprint density at radius 3 is 2.39 bits per heavy atom. The Bertz CT molecular complexity index is 1320. The predicted octanol–water partition coefficient (Wildman–Crippen LogP) is 4.74. The fourth-order valence-electron chi connectivity index (χ4n) is 4.47. The zero-order valence-corrected chi connectivity index (χ0v) is 21.7. The van der Waals surface area contributed by atoms with Crippen molar-refractivity contribution in [3.05, 3.63) is 95.1 Å². The van der Waals surface area contributed by atoms with Crippen molar-refractivity contribution in [2.24, 2.45) is 0 Å². The van der Waals surface area contributed by atoms with Gasteiger partial charge in [-0.1, -0.05) is 48.5 Å². The van der Waals surface area contributed by atoms with Gasteiger partial charge in [0.25, 0.3) is 11.7 Å². The minimum atomic E-state index is -0.824. The lowest BCUT2D eigenvalue weighted by Crippen LogP contribution is -2.31. The molecule has 1 unspecified atom stereocenters. The van der Waals surface area contributed by atoms with E-state index in [1.54, 1.807) is 49.6 Å². The van der Waals surface area contributed by atoms with Crippen LogP contribution in [0.3, 0.4) is 0 Å². The van der Waals surface area contributed by atoms with Crippen LogP contribution in [0.25, 0.3) is 5.76 Å². The van der Waals surface area contributed by atoms with Gasteiger partial charge in [-0.05, 0) is 41.8 Å². The van der Waals surface area contributed by atoms with E-state index in [-0.39, 0.29) is 17.9 Å². The molecule has 0 aromatic heterocycles. The standard InChI is InChI=1S/C30H31NO7/c1-35-16-8-15-31-27(26(29(33)30(31)34)28(32)22-11-7-12-23(17-22)36-2)21-13-14-24(25(18-21)37-3)38-19-20-9-5-4-6-10-20/h4-7,9-14,17-18,27,32H,8,15-16,19H2,1-3H3/b28-26+. The number of likely N-dealkylation sites (tertiary alicyclic amines) is 1. The molecule has 8 nitrogen and oxygen atoms in total. The first kappa shape index (κ1) is 26.8. The van der Waals surface area contributed by atoms with Gasteiger partial charge in [-0.3, -0.25) is 9.59 Å². The first-order chi connectivity index (χ1) is 18.5. The maximum atomic E-state index is 13.3. The van der Waals surface area contributed by atoms with Crippen molar-refractivity contribution in [2.75, 3.05) is 34.5 Å². The van der Waals surface area contributed by atoms with Gasteiger partial charge in [0.15, 0.2) is 11.5 Å². The molecule has 0 aliphatic carbocycles. The van der Waals surface area contributed by atoms with Crippen LogP contribution in [0.15, 0.2) is 78.4 Å². The van der Waals surface area contributed by atoms with Crippen molar-refractivity contribution >= 4 is 17.4 Å². The maximum absolute atomic E-state index is 13.3. The van der Waals surface area contributed by atoms with Gasteiger partial charge in [-0.25, -0.2) is 0 Å². The molecule has 0 radical (unpaired) electrons. The second-order valence-corrected chi connectivity index (χ2v) is 8.76. The largest absolute Gasteiger partial charge is 0.507 e. The van der Waals surface area contributed by atoms with Crippen LogP contribution in [0, 0.1) is 0 Å². The topological polar surface area (TPSA) is 94.5 Å². The average Bonchev–Trinajstić information content (AvgIpc) is 3.21. The third kappa shape index (κ3) is 5.65. The number of aliphatic hydroxyl groups is 1. The summed E-state index contributed by atoms with van der Waals surface area (Å²) < 4.78 is 22.0. The lowest BCUT2D eigenvalue weighted by atomic mass is 9.95. The van der Waals surface area contributed by atoms with Crippen LogP contribution in [0.1, 0.15) is 29.2 Å². The summed E-state index contributed by atoms with van der Waals surface area (Å²) in [5.74, 6) is -0.229. The molecule has 8 heteroatoms. The Morgan fingerprint density at radius 2 is 1.68 bits per heavy atom. The Hall–Kier alpha value is -4.30. The summed E-state index contributed by atoms with van der Waals surface area (Å²) in [6.07, 6.45) is 0.522. The van der Waals surface area contributed by atoms with Crippen molar-refractivity contribution in [3.63, 3.8) is 0 Å². The highest BCUT2D eigenvalue weighted by atomic mass is 16.5. The van der Waals surface area contributed by atoms with Gasteiger partial charge < -0.3 is 29.0 Å². The summed E-state index contributed by atoms with van der Waals surface area (Å²) >= 11 is 0. The molecule has 1 fully saturated rings. The number of rotatable bonds is 11. The number of nitrogens with zero attached hydrogens (tertiary/aromatic N) is 1.